The fourth-order valence-electron chi connectivity index (χ4n) is 6.49. The van der Waals surface area contributed by atoms with Crippen molar-refractivity contribution in [3.8, 4) is 28.3 Å². The van der Waals surface area contributed by atoms with E-state index in [9.17, 15) is 19.5 Å². The van der Waals surface area contributed by atoms with Gasteiger partial charge in [-0.15, -0.1) is 0 Å². The number of aliphatic carboxylic acids is 1. The van der Waals surface area contributed by atoms with Gasteiger partial charge in [0.15, 0.2) is 11.6 Å². The summed E-state index contributed by atoms with van der Waals surface area (Å²) >= 11 is 0. The summed E-state index contributed by atoms with van der Waals surface area (Å²) < 4.78 is 5.90. The highest BCUT2D eigenvalue weighted by molar-refractivity contribution is 5.98. The number of carboxylic acids is 1. The molecule has 1 fully saturated rings. The first-order chi connectivity index (χ1) is 24.3. The molecule has 2 atom stereocenters. The summed E-state index contributed by atoms with van der Waals surface area (Å²) in [4.78, 5) is 49.5. The van der Waals surface area contributed by atoms with E-state index in [-0.39, 0.29) is 24.7 Å². The molecule has 2 heterocycles. The van der Waals surface area contributed by atoms with Crippen molar-refractivity contribution in [3.05, 3.63) is 102 Å². The number of nitrogens with zero attached hydrogens (tertiary/aromatic N) is 3. The normalized spacial score (nSPS) is 14.8. The molecule has 1 saturated heterocycles. The SMILES string of the molecule is CCCCCCCOc1ccc(-c2cnc(-c3ccc(C[C@H](CC(=O)c4ccc(CCC)cc4)C(=O)N4CC[C@H](C(=O)O)C4)cc3)nc2)cc1. The van der Waals surface area contributed by atoms with Gasteiger partial charge >= 0.3 is 5.97 Å². The lowest BCUT2D eigenvalue weighted by atomic mass is 9.90. The third kappa shape index (κ3) is 10.1. The number of aryl methyl sites for hydroxylation is 1. The minimum absolute atomic E-state index is 0.0542. The Morgan fingerprint density at radius 1 is 0.800 bits per heavy atom. The Labute approximate surface area is 295 Å². The number of rotatable bonds is 18. The zero-order valence-electron chi connectivity index (χ0n) is 29.4. The molecule has 1 N–H and O–H groups in total. The highest BCUT2D eigenvalue weighted by Crippen LogP contribution is 2.27. The number of hydrogen-bond acceptors (Lipinski definition) is 6. The monoisotopic (exact) mass is 675 g/mol. The van der Waals surface area contributed by atoms with Crippen molar-refractivity contribution in [2.75, 3.05) is 19.7 Å². The highest BCUT2D eigenvalue weighted by Gasteiger charge is 2.35. The molecule has 0 bridgehead atoms. The molecule has 3 aromatic carbocycles. The van der Waals surface area contributed by atoms with Crippen LogP contribution in [0.15, 0.2) is 85.2 Å². The molecule has 0 unspecified atom stereocenters. The molecule has 1 amide bonds. The first-order valence-electron chi connectivity index (χ1n) is 18.1. The molecule has 1 aliphatic rings. The van der Waals surface area contributed by atoms with Crippen LogP contribution in [0, 0.1) is 11.8 Å². The Kier molecular flexibility index (Phi) is 13.3. The molecular weight excluding hydrogens is 626 g/mol. The van der Waals surface area contributed by atoms with Crippen molar-refractivity contribution in [2.45, 2.75) is 78.1 Å². The average molecular weight is 676 g/mol. The zero-order valence-corrected chi connectivity index (χ0v) is 29.4. The lowest BCUT2D eigenvalue weighted by Crippen LogP contribution is -2.37. The zero-order chi connectivity index (χ0) is 35.3. The van der Waals surface area contributed by atoms with Gasteiger partial charge < -0.3 is 14.7 Å². The minimum atomic E-state index is -0.891. The average Bonchev–Trinajstić information content (AvgIpc) is 3.65. The van der Waals surface area contributed by atoms with E-state index in [4.69, 9.17) is 4.74 Å². The van der Waals surface area contributed by atoms with E-state index < -0.39 is 17.8 Å². The molecule has 0 aliphatic carbocycles. The lowest BCUT2D eigenvalue weighted by molar-refractivity contribution is -0.141. The van der Waals surface area contributed by atoms with Crippen molar-refractivity contribution in [1.82, 2.24) is 14.9 Å². The fraction of sp³-hybridized carbons (Fsp3) is 0.405. The topological polar surface area (TPSA) is 110 Å². The number of unbranched alkanes of at least 4 members (excludes halogenated alkanes) is 4. The first-order valence-corrected chi connectivity index (χ1v) is 18.1. The Morgan fingerprint density at radius 3 is 2.10 bits per heavy atom. The lowest BCUT2D eigenvalue weighted by Gasteiger charge is -2.23. The quantitative estimate of drug-likeness (QED) is 0.0832. The summed E-state index contributed by atoms with van der Waals surface area (Å²) in [6.45, 7) is 5.62. The Hall–Kier alpha value is -4.85. The van der Waals surface area contributed by atoms with Crippen LogP contribution >= 0.6 is 0 Å². The van der Waals surface area contributed by atoms with Crippen LogP contribution in [0.1, 0.15) is 86.7 Å². The molecule has 0 radical (unpaired) electrons. The number of ether oxygens (including phenoxy) is 1. The van der Waals surface area contributed by atoms with Crippen LogP contribution in [0.2, 0.25) is 0 Å². The third-order valence-electron chi connectivity index (χ3n) is 9.50. The fourth-order valence-corrected chi connectivity index (χ4v) is 6.49. The van der Waals surface area contributed by atoms with Crippen molar-refractivity contribution in [2.24, 2.45) is 11.8 Å². The van der Waals surface area contributed by atoms with E-state index in [0.29, 0.717) is 30.8 Å². The van der Waals surface area contributed by atoms with Crippen molar-refractivity contribution >= 4 is 17.7 Å². The van der Waals surface area contributed by atoms with Crippen molar-refractivity contribution < 1.29 is 24.2 Å². The number of amides is 1. The summed E-state index contributed by atoms with van der Waals surface area (Å²) in [5.74, 6) is -0.877. The van der Waals surface area contributed by atoms with Gasteiger partial charge in [0, 0.05) is 54.5 Å². The maximum Gasteiger partial charge on any atom is 0.308 e. The smallest absolute Gasteiger partial charge is 0.308 e. The largest absolute Gasteiger partial charge is 0.494 e. The molecular formula is C42H49N3O5. The summed E-state index contributed by atoms with van der Waals surface area (Å²) in [5.41, 5.74) is 5.44. The molecule has 0 spiro atoms. The summed E-state index contributed by atoms with van der Waals surface area (Å²) in [5, 5.41) is 9.49. The minimum Gasteiger partial charge on any atom is -0.494 e. The van der Waals surface area contributed by atoms with Gasteiger partial charge in [0.1, 0.15) is 5.75 Å². The van der Waals surface area contributed by atoms with Gasteiger partial charge in [0.25, 0.3) is 0 Å². The third-order valence-corrected chi connectivity index (χ3v) is 9.50. The van der Waals surface area contributed by atoms with Crippen molar-refractivity contribution in [3.63, 3.8) is 0 Å². The van der Waals surface area contributed by atoms with Gasteiger partial charge in [-0.25, -0.2) is 9.97 Å². The Balaban J connectivity index is 1.22. The molecule has 1 aromatic heterocycles. The number of hydrogen-bond donors (Lipinski definition) is 1. The Morgan fingerprint density at radius 2 is 1.46 bits per heavy atom. The van der Waals surface area contributed by atoms with Gasteiger partial charge in [-0.1, -0.05) is 107 Å². The highest BCUT2D eigenvalue weighted by atomic mass is 16.5. The molecule has 8 nitrogen and oxygen atoms in total. The van der Waals surface area contributed by atoms with Crippen LogP contribution in [0.5, 0.6) is 5.75 Å². The number of likely N-dealkylation sites (tertiary alicyclic amines) is 1. The van der Waals surface area contributed by atoms with Crippen LogP contribution in [-0.2, 0) is 22.4 Å². The molecule has 262 valence electrons. The van der Waals surface area contributed by atoms with E-state index in [0.717, 1.165) is 53.9 Å². The second-order valence-corrected chi connectivity index (χ2v) is 13.4. The van der Waals surface area contributed by atoms with Gasteiger partial charge in [-0.2, -0.15) is 0 Å². The number of carbonyl (C=O) groups is 3. The standard InChI is InChI=1S/C42H49N3O5/c1-3-5-6-7-8-24-50-38-20-18-32(19-21-38)37-27-43-40(44-28-37)34-16-12-31(13-17-34)25-36(41(47)45-23-22-35(29-45)42(48)49)26-39(46)33-14-10-30(9-4-2)11-15-33/h10-21,27-28,35-36H,3-9,22-26,29H2,1-2H3,(H,48,49)/t35-,36+/m0/s1. The van der Waals surface area contributed by atoms with Gasteiger partial charge in [-0.3, -0.25) is 14.4 Å². The number of aromatic nitrogens is 2. The summed E-state index contributed by atoms with van der Waals surface area (Å²) in [6.07, 6.45) is 12.5. The van der Waals surface area contributed by atoms with E-state index >= 15 is 0 Å². The second kappa shape index (κ2) is 18.2. The second-order valence-electron chi connectivity index (χ2n) is 13.4. The maximum absolute atomic E-state index is 13.7. The predicted octanol–water partition coefficient (Wildman–Crippen LogP) is 8.48. The van der Waals surface area contributed by atoms with Crippen LogP contribution in [0.3, 0.4) is 0 Å². The van der Waals surface area contributed by atoms with Gasteiger partial charge in [0.05, 0.1) is 12.5 Å². The molecule has 50 heavy (non-hydrogen) atoms. The van der Waals surface area contributed by atoms with Crippen LogP contribution in [0.25, 0.3) is 22.5 Å². The van der Waals surface area contributed by atoms with Gasteiger partial charge in [0.2, 0.25) is 5.91 Å². The Bertz CT molecular complexity index is 1690. The molecule has 8 heteroatoms. The summed E-state index contributed by atoms with van der Waals surface area (Å²) in [7, 11) is 0. The van der Waals surface area contributed by atoms with E-state index in [1.54, 1.807) is 4.90 Å². The predicted molar refractivity (Wildman–Crippen MR) is 196 cm³/mol. The number of carbonyl (C=O) groups excluding carboxylic acids is 2. The molecule has 0 saturated carbocycles. The van der Waals surface area contributed by atoms with Gasteiger partial charge in [-0.05, 0) is 54.5 Å². The number of carboxylic acid groups (broad SMARTS) is 1. The van der Waals surface area contributed by atoms with E-state index in [1.165, 1.54) is 31.2 Å². The molecule has 1 aliphatic heterocycles. The van der Waals surface area contributed by atoms with Crippen molar-refractivity contribution in [1.29, 1.82) is 0 Å². The maximum atomic E-state index is 13.7. The van der Waals surface area contributed by atoms with E-state index in [2.05, 4.69) is 23.8 Å². The first kappa shape index (κ1) is 36.4. The van der Waals surface area contributed by atoms with Crippen LogP contribution < -0.4 is 4.74 Å². The van der Waals surface area contributed by atoms with Crippen LogP contribution in [-0.4, -0.2) is 57.3 Å². The molecule has 5 rings (SSSR count). The summed E-state index contributed by atoms with van der Waals surface area (Å²) in [6, 6.07) is 23.4. The van der Waals surface area contributed by atoms with E-state index in [1.807, 2.05) is 85.2 Å². The number of ketones is 1. The number of Topliss-reactive ketones (excluding diaryl/α,β-unsaturated/α-hetero) is 1. The number of benzene rings is 3. The molecule has 4 aromatic rings. The van der Waals surface area contributed by atoms with Crippen LogP contribution in [0.4, 0.5) is 0 Å².